The van der Waals surface area contributed by atoms with Gasteiger partial charge in [-0.3, -0.25) is 9.59 Å². The lowest BCUT2D eigenvalue weighted by molar-refractivity contribution is -0.138. The van der Waals surface area contributed by atoms with E-state index in [1.807, 2.05) is 13.0 Å². The number of hydrogen-bond donors (Lipinski definition) is 0. The van der Waals surface area contributed by atoms with Crippen LogP contribution < -0.4 is 0 Å². The Morgan fingerprint density at radius 2 is 1.97 bits per heavy atom. The lowest BCUT2D eigenvalue weighted by atomic mass is 10.0. The van der Waals surface area contributed by atoms with Gasteiger partial charge in [0.15, 0.2) is 14.1 Å². The minimum atomic E-state index is -2.06. The van der Waals surface area contributed by atoms with Gasteiger partial charge >= 0.3 is 0 Å². The van der Waals surface area contributed by atoms with Crippen LogP contribution in [0.15, 0.2) is 12.1 Å². The van der Waals surface area contributed by atoms with Crippen LogP contribution >= 0.6 is 11.6 Å². The molecule has 0 bridgehead atoms. The SMILES string of the molecule is CC(=O)C1C(O[Si](C)(C)C(C)(C)C)CCN1C(=O)Cc1ccc(C#N)c(Cl)c1C. The molecule has 1 saturated heterocycles. The summed E-state index contributed by atoms with van der Waals surface area (Å²) in [6.45, 7) is 14.7. The predicted molar refractivity (Wildman–Crippen MR) is 117 cm³/mol. The van der Waals surface area contributed by atoms with Gasteiger partial charge < -0.3 is 9.33 Å². The smallest absolute Gasteiger partial charge is 0.227 e. The fraction of sp³-hybridized carbons (Fsp3) is 0.591. The lowest BCUT2D eigenvalue weighted by Gasteiger charge is -2.40. The molecule has 158 valence electrons. The third-order valence-electron chi connectivity index (χ3n) is 6.29. The van der Waals surface area contributed by atoms with E-state index in [0.29, 0.717) is 23.6 Å². The van der Waals surface area contributed by atoms with E-state index in [-0.39, 0.29) is 29.3 Å². The zero-order valence-electron chi connectivity index (χ0n) is 18.4. The van der Waals surface area contributed by atoms with E-state index in [2.05, 4.69) is 33.9 Å². The number of nitrogens with zero attached hydrogens (tertiary/aromatic N) is 2. The molecule has 1 heterocycles. The summed E-state index contributed by atoms with van der Waals surface area (Å²) in [5.74, 6) is -0.162. The van der Waals surface area contributed by atoms with Crippen molar-refractivity contribution in [3.8, 4) is 6.07 Å². The van der Waals surface area contributed by atoms with Crippen molar-refractivity contribution in [2.24, 2.45) is 0 Å². The molecule has 7 heteroatoms. The first-order chi connectivity index (χ1) is 13.3. The highest BCUT2D eigenvalue weighted by molar-refractivity contribution is 6.74. The van der Waals surface area contributed by atoms with E-state index < -0.39 is 14.4 Å². The minimum Gasteiger partial charge on any atom is -0.411 e. The second-order valence-electron chi connectivity index (χ2n) is 9.35. The Hall–Kier alpha value is -1.68. The fourth-order valence-electron chi connectivity index (χ4n) is 3.47. The molecule has 2 unspecified atom stereocenters. The molecule has 0 spiro atoms. The molecule has 1 aromatic rings. The molecule has 1 amide bonds. The van der Waals surface area contributed by atoms with Crippen LogP contribution in [0.3, 0.4) is 0 Å². The minimum absolute atomic E-state index is 0.0299. The number of Topliss-reactive ketones (excluding diaryl/α,β-unsaturated/α-hetero) is 1. The summed E-state index contributed by atoms with van der Waals surface area (Å²) in [6.07, 6.45) is 0.548. The van der Waals surface area contributed by atoms with E-state index in [0.717, 1.165) is 11.1 Å². The van der Waals surface area contributed by atoms with Crippen molar-refractivity contribution in [3.63, 3.8) is 0 Å². The molecular formula is C22H31ClN2O3Si. The summed E-state index contributed by atoms with van der Waals surface area (Å²) in [7, 11) is -2.06. The van der Waals surface area contributed by atoms with Crippen LogP contribution in [0.4, 0.5) is 0 Å². The molecule has 1 fully saturated rings. The maximum absolute atomic E-state index is 13.1. The van der Waals surface area contributed by atoms with Gasteiger partial charge in [0, 0.05) is 6.54 Å². The van der Waals surface area contributed by atoms with E-state index in [9.17, 15) is 9.59 Å². The number of benzene rings is 1. The van der Waals surface area contributed by atoms with Crippen molar-refractivity contribution in [1.29, 1.82) is 5.26 Å². The topological polar surface area (TPSA) is 70.4 Å². The number of likely N-dealkylation sites (tertiary alicyclic amines) is 1. The molecule has 0 aromatic heterocycles. The normalized spacial score (nSPS) is 19.9. The number of ketones is 1. The molecule has 1 aliphatic heterocycles. The number of carbonyl (C=O) groups excluding carboxylic acids is 2. The Bertz CT molecular complexity index is 855. The maximum Gasteiger partial charge on any atom is 0.227 e. The zero-order chi connectivity index (χ0) is 22.1. The largest absolute Gasteiger partial charge is 0.411 e. The summed E-state index contributed by atoms with van der Waals surface area (Å²) in [6, 6.07) is 4.90. The van der Waals surface area contributed by atoms with Crippen LogP contribution in [0.5, 0.6) is 0 Å². The lowest BCUT2D eigenvalue weighted by Crippen LogP contribution is -2.51. The quantitative estimate of drug-likeness (QED) is 0.632. The number of halogens is 1. The van der Waals surface area contributed by atoms with E-state index in [4.69, 9.17) is 21.3 Å². The summed E-state index contributed by atoms with van der Waals surface area (Å²) < 4.78 is 6.51. The molecule has 5 nitrogen and oxygen atoms in total. The number of hydrogen-bond acceptors (Lipinski definition) is 4. The number of amides is 1. The standard InChI is InChI=1S/C22H31ClN2O3Si/c1-14-16(8-9-17(13-24)20(14)23)12-19(27)25-11-10-18(21(25)15(2)26)28-29(6,7)22(3,4)5/h8-9,18,21H,10-12H2,1-7H3. The highest BCUT2D eigenvalue weighted by atomic mass is 35.5. The molecule has 0 saturated carbocycles. The Morgan fingerprint density at radius 1 is 1.34 bits per heavy atom. The van der Waals surface area contributed by atoms with E-state index in [1.165, 1.54) is 6.92 Å². The van der Waals surface area contributed by atoms with Gasteiger partial charge in [0.1, 0.15) is 12.1 Å². The van der Waals surface area contributed by atoms with Crippen LogP contribution in [0.25, 0.3) is 0 Å². The van der Waals surface area contributed by atoms with Gasteiger partial charge in [0.2, 0.25) is 5.91 Å². The molecule has 0 aliphatic carbocycles. The number of nitriles is 1. The average molecular weight is 435 g/mol. The van der Waals surface area contributed by atoms with Crippen molar-refractivity contribution < 1.29 is 14.0 Å². The monoisotopic (exact) mass is 434 g/mol. The Balaban J connectivity index is 2.22. The maximum atomic E-state index is 13.1. The highest BCUT2D eigenvalue weighted by Crippen LogP contribution is 2.39. The average Bonchev–Trinajstić information content (AvgIpc) is 3.01. The predicted octanol–water partition coefficient (Wildman–Crippen LogP) is 4.64. The van der Waals surface area contributed by atoms with Crippen LogP contribution in [0.2, 0.25) is 23.2 Å². The summed E-state index contributed by atoms with van der Waals surface area (Å²) in [5.41, 5.74) is 1.90. The van der Waals surface area contributed by atoms with Gasteiger partial charge in [-0.2, -0.15) is 5.26 Å². The third kappa shape index (κ3) is 4.91. The first kappa shape index (κ1) is 23.6. The molecule has 2 atom stereocenters. The van der Waals surface area contributed by atoms with Gasteiger partial charge in [-0.15, -0.1) is 0 Å². The summed E-state index contributed by atoms with van der Waals surface area (Å²) in [5, 5.41) is 9.51. The van der Waals surface area contributed by atoms with Gasteiger partial charge in [-0.25, -0.2) is 0 Å². The first-order valence-corrected chi connectivity index (χ1v) is 13.2. The Morgan fingerprint density at radius 3 is 2.48 bits per heavy atom. The van der Waals surface area contributed by atoms with Crippen molar-refractivity contribution in [3.05, 3.63) is 33.8 Å². The third-order valence-corrected chi connectivity index (χ3v) is 11.3. The summed E-state index contributed by atoms with van der Waals surface area (Å²) >= 11 is 6.24. The highest BCUT2D eigenvalue weighted by Gasteiger charge is 2.46. The molecule has 1 aromatic carbocycles. The van der Waals surface area contributed by atoms with Gasteiger partial charge in [-0.1, -0.05) is 38.4 Å². The Labute approximate surface area is 180 Å². The van der Waals surface area contributed by atoms with Gasteiger partial charge in [-0.05, 0) is 55.6 Å². The molecule has 0 N–H and O–H groups in total. The number of rotatable bonds is 5. The van der Waals surface area contributed by atoms with Crippen molar-refractivity contribution in [1.82, 2.24) is 4.90 Å². The van der Waals surface area contributed by atoms with Gasteiger partial charge in [0.25, 0.3) is 0 Å². The van der Waals surface area contributed by atoms with Crippen LogP contribution in [-0.2, 0) is 20.4 Å². The van der Waals surface area contributed by atoms with Crippen LogP contribution in [-0.4, -0.2) is 43.6 Å². The van der Waals surface area contributed by atoms with Crippen molar-refractivity contribution in [2.75, 3.05) is 6.54 Å². The Kier molecular flexibility index (Phi) is 6.99. The summed E-state index contributed by atoms with van der Waals surface area (Å²) in [4.78, 5) is 27.2. The second kappa shape index (κ2) is 8.59. The number of carbonyl (C=O) groups is 2. The molecule has 29 heavy (non-hydrogen) atoms. The fourth-order valence-corrected chi connectivity index (χ4v) is 5.05. The molecular weight excluding hydrogens is 404 g/mol. The van der Waals surface area contributed by atoms with Crippen molar-refractivity contribution in [2.45, 2.75) is 77.7 Å². The molecule has 0 radical (unpaired) electrons. The van der Waals surface area contributed by atoms with E-state index in [1.54, 1.807) is 17.0 Å². The first-order valence-electron chi connectivity index (χ1n) is 9.96. The second-order valence-corrected chi connectivity index (χ2v) is 14.5. The molecule has 2 rings (SSSR count). The van der Waals surface area contributed by atoms with Gasteiger partial charge in [0.05, 0.1) is 23.1 Å². The van der Waals surface area contributed by atoms with E-state index >= 15 is 0 Å². The van der Waals surface area contributed by atoms with Crippen molar-refractivity contribution >= 4 is 31.6 Å². The van der Waals surface area contributed by atoms with Crippen LogP contribution in [0.1, 0.15) is 50.8 Å². The van der Waals surface area contributed by atoms with Crippen LogP contribution in [0, 0.1) is 18.3 Å². The zero-order valence-corrected chi connectivity index (χ0v) is 20.2. The molecule has 1 aliphatic rings.